The Morgan fingerprint density at radius 1 is 1.50 bits per heavy atom. The van der Waals surface area contributed by atoms with Crippen LogP contribution in [0, 0.1) is 0 Å². The van der Waals surface area contributed by atoms with Gasteiger partial charge in [0.1, 0.15) is 5.01 Å². The van der Waals surface area contributed by atoms with Crippen molar-refractivity contribution in [2.45, 2.75) is 49.3 Å². The molecule has 1 N–H and O–H groups in total. The van der Waals surface area contributed by atoms with Crippen LogP contribution in [0.1, 0.15) is 49.6 Å². The second-order valence-corrected chi connectivity index (χ2v) is 8.93. The molecule has 0 spiro atoms. The average molecular weight is 342 g/mol. The average Bonchev–Trinajstić information content (AvgIpc) is 2.99. The van der Waals surface area contributed by atoms with Crippen LogP contribution in [0.3, 0.4) is 0 Å². The van der Waals surface area contributed by atoms with Crippen LogP contribution in [0.4, 0.5) is 4.79 Å². The minimum Gasteiger partial charge on any atom is -0.336 e. The molecule has 122 valence electrons. The van der Waals surface area contributed by atoms with Crippen molar-refractivity contribution >= 4 is 28.2 Å². The zero-order valence-electron chi connectivity index (χ0n) is 12.9. The van der Waals surface area contributed by atoms with Gasteiger partial charge in [-0.15, -0.1) is 11.3 Å². The predicted molar refractivity (Wildman–Crippen MR) is 89.5 cm³/mol. The minimum atomic E-state index is -0.885. The summed E-state index contributed by atoms with van der Waals surface area (Å²) in [5.74, 6) is 0. The van der Waals surface area contributed by atoms with Gasteiger partial charge in [0.15, 0.2) is 0 Å². The first kappa shape index (κ1) is 15.9. The van der Waals surface area contributed by atoms with Gasteiger partial charge in [0, 0.05) is 41.7 Å². The van der Waals surface area contributed by atoms with Gasteiger partial charge in [-0.1, -0.05) is 6.42 Å². The number of urea groups is 1. The van der Waals surface area contributed by atoms with Crippen molar-refractivity contribution in [2.24, 2.45) is 0 Å². The van der Waals surface area contributed by atoms with Crippen LogP contribution in [0.5, 0.6) is 0 Å². The van der Waals surface area contributed by atoms with Gasteiger partial charge < -0.3 is 10.2 Å². The third-order valence-corrected chi connectivity index (χ3v) is 7.59. The lowest BCUT2D eigenvalue weighted by atomic mass is 9.84. The number of hydrogen-bond acceptors (Lipinski definition) is 4. The van der Waals surface area contributed by atoms with Crippen molar-refractivity contribution in [1.82, 2.24) is 15.2 Å². The number of amides is 2. The molecule has 7 heteroatoms. The van der Waals surface area contributed by atoms with Crippen LogP contribution in [0.2, 0.25) is 0 Å². The smallest absolute Gasteiger partial charge is 0.318 e. The van der Waals surface area contributed by atoms with E-state index in [-0.39, 0.29) is 16.8 Å². The van der Waals surface area contributed by atoms with Crippen LogP contribution in [-0.4, -0.2) is 44.2 Å². The van der Waals surface area contributed by atoms with E-state index in [2.05, 4.69) is 10.3 Å². The molecular weight excluding hydrogens is 318 g/mol. The molecule has 1 aliphatic carbocycles. The number of carbonyl (C=O) groups is 1. The number of hydrogen-bond donors (Lipinski definition) is 1. The van der Waals surface area contributed by atoms with Gasteiger partial charge in [-0.05, 0) is 32.1 Å². The Morgan fingerprint density at radius 2 is 2.32 bits per heavy atom. The van der Waals surface area contributed by atoms with E-state index in [1.165, 1.54) is 0 Å². The minimum absolute atomic E-state index is 0.0309. The van der Waals surface area contributed by atoms with Crippen molar-refractivity contribution < 1.29 is 9.00 Å². The number of piperidine rings is 1. The highest BCUT2D eigenvalue weighted by Crippen LogP contribution is 2.37. The zero-order valence-corrected chi connectivity index (χ0v) is 14.5. The summed E-state index contributed by atoms with van der Waals surface area (Å²) in [4.78, 5) is 18.9. The quantitative estimate of drug-likeness (QED) is 0.916. The molecule has 22 heavy (non-hydrogen) atoms. The molecule has 1 aromatic rings. The largest absolute Gasteiger partial charge is 0.336 e. The first-order valence-corrected chi connectivity index (χ1v) is 10.3. The molecule has 2 atom stereocenters. The second kappa shape index (κ2) is 6.66. The van der Waals surface area contributed by atoms with E-state index in [4.69, 9.17) is 0 Å². The van der Waals surface area contributed by atoms with Gasteiger partial charge >= 0.3 is 6.03 Å². The maximum absolute atomic E-state index is 12.6. The van der Waals surface area contributed by atoms with E-state index >= 15 is 0 Å². The fourth-order valence-corrected chi connectivity index (χ4v) is 5.23. The van der Waals surface area contributed by atoms with Crippen molar-refractivity contribution in [2.75, 3.05) is 19.3 Å². The van der Waals surface area contributed by atoms with Crippen molar-refractivity contribution in [3.8, 4) is 0 Å². The summed E-state index contributed by atoms with van der Waals surface area (Å²) in [7, 11) is -0.885. The third kappa shape index (κ3) is 3.06. The van der Waals surface area contributed by atoms with E-state index in [1.807, 2.05) is 10.3 Å². The fraction of sp³-hybridized carbons (Fsp3) is 0.733. The molecule has 3 rings (SSSR count). The molecule has 2 amide bonds. The van der Waals surface area contributed by atoms with Crippen LogP contribution < -0.4 is 5.32 Å². The summed E-state index contributed by atoms with van der Waals surface area (Å²) in [6.45, 7) is 1.30. The molecule has 1 aliphatic heterocycles. The standard InChI is InChI=1S/C15H23N3O2S2/c1-22(20)15(6-4-7-15)11-17-14(19)18-9-3-2-5-12(18)13-16-8-10-21-13/h8,10,12H,2-7,9,11H2,1H3,(H,17,19)/t12-,22-/m1/s1. The molecule has 0 bridgehead atoms. The second-order valence-electron chi connectivity index (χ2n) is 6.22. The molecular formula is C15H23N3O2S2. The van der Waals surface area contributed by atoms with E-state index in [0.717, 1.165) is 50.1 Å². The van der Waals surface area contributed by atoms with Gasteiger partial charge in [0.25, 0.3) is 0 Å². The fourth-order valence-electron chi connectivity index (χ4n) is 3.31. The van der Waals surface area contributed by atoms with Crippen molar-refractivity contribution in [3.63, 3.8) is 0 Å². The van der Waals surface area contributed by atoms with Crippen LogP contribution >= 0.6 is 11.3 Å². The predicted octanol–water partition coefficient (Wildman–Crippen LogP) is 2.68. The normalized spacial score (nSPS) is 25.3. The maximum Gasteiger partial charge on any atom is 0.318 e. The van der Waals surface area contributed by atoms with E-state index in [9.17, 15) is 9.00 Å². The Balaban J connectivity index is 1.64. The number of rotatable bonds is 4. The highest BCUT2D eigenvalue weighted by Gasteiger charge is 2.41. The monoisotopic (exact) mass is 341 g/mol. The number of nitrogens with zero attached hydrogens (tertiary/aromatic N) is 2. The summed E-state index contributed by atoms with van der Waals surface area (Å²) in [6.07, 6.45) is 9.72. The third-order valence-electron chi connectivity index (χ3n) is 4.94. The van der Waals surface area contributed by atoms with Gasteiger partial charge in [-0.2, -0.15) is 0 Å². The van der Waals surface area contributed by atoms with Crippen LogP contribution in [0.25, 0.3) is 0 Å². The molecule has 2 heterocycles. The summed E-state index contributed by atoms with van der Waals surface area (Å²) in [6, 6.07) is 0.0647. The number of aromatic nitrogens is 1. The molecule has 0 unspecified atom stereocenters. The van der Waals surface area contributed by atoms with E-state index in [1.54, 1.807) is 23.8 Å². The molecule has 2 aliphatic rings. The number of carbonyl (C=O) groups excluding carboxylic acids is 1. The first-order valence-electron chi connectivity index (χ1n) is 7.90. The topological polar surface area (TPSA) is 62.3 Å². The van der Waals surface area contributed by atoms with Gasteiger partial charge in [-0.3, -0.25) is 4.21 Å². The lowest BCUT2D eigenvalue weighted by molar-refractivity contribution is 0.149. The molecule has 1 saturated carbocycles. The highest BCUT2D eigenvalue weighted by atomic mass is 32.2. The molecule has 1 saturated heterocycles. The van der Waals surface area contributed by atoms with Gasteiger partial charge in [-0.25, -0.2) is 9.78 Å². The number of nitrogens with one attached hydrogen (secondary N) is 1. The molecule has 1 aromatic heterocycles. The van der Waals surface area contributed by atoms with E-state index < -0.39 is 10.8 Å². The Bertz CT molecular complexity index is 543. The zero-order chi connectivity index (χ0) is 15.6. The van der Waals surface area contributed by atoms with E-state index in [0.29, 0.717) is 6.54 Å². The lowest BCUT2D eigenvalue weighted by Crippen LogP contribution is -2.54. The molecule has 2 fully saturated rings. The molecule has 0 radical (unpaired) electrons. The first-order chi connectivity index (χ1) is 10.6. The molecule has 5 nitrogen and oxygen atoms in total. The summed E-state index contributed by atoms with van der Waals surface area (Å²) >= 11 is 1.61. The van der Waals surface area contributed by atoms with Crippen LogP contribution in [0.15, 0.2) is 11.6 Å². The van der Waals surface area contributed by atoms with Gasteiger partial charge in [0.05, 0.1) is 10.8 Å². The summed E-state index contributed by atoms with van der Waals surface area (Å²) in [5.41, 5.74) is 0. The van der Waals surface area contributed by atoms with Crippen molar-refractivity contribution in [1.29, 1.82) is 0 Å². The number of likely N-dealkylation sites (tertiary alicyclic amines) is 1. The van der Waals surface area contributed by atoms with Gasteiger partial charge in [0.2, 0.25) is 0 Å². The van der Waals surface area contributed by atoms with Crippen LogP contribution in [-0.2, 0) is 10.8 Å². The highest BCUT2D eigenvalue weighted by molar-refractivity contribution is 7.85. The Hall–Kier alpha value is -0.950. The Kier molecular flexibility index (Phi) is 4.82. The Morgan fingerprint density at radius 3 is 2.91 bits per heavy atom. The van der Waals surface area contributed by atoms with Crippen molar-refractivity contribution in [3.05, 3.63) is 16.6 Å². The lowest BCUT2D eigenvalue weighted by Gasteiger charge is -2.41. The summed E-state index contributed by atoms with van der Waals surface area (Å²) < 4.78 is 11.7. The number of thiazole rings is 1. The maximum atomic E-state index is 12.6. The summed E-state index contributed by atoms with van der Waals surface area (Å²) in [5, 5.41) is 6.02. The SMILES string of the molecule is C[S@@](=O)C1(CNC(=O)N2CCCC[C@@H]2c2nccs2)CCC1. The molecule has 0 aromatic carbocycles. The Labute approximate surface area is 138 Å².